The van der Waals surface area contributed by atoms with Crippen LogP contribution in [0.5, 0.6) is 0 Å². The fraction of sp³-hybridized carbons (Fsp3) is 0.385. The number of para-hydroxylation sites is 1. The standard InChI is InChI=1S/C13H16ClFN2OS/c1-3-13(4-2,11(16)19)12(18)17-10-8(14)6-5-7-9(10)15/h5-7H,3-4H2,1-2H3,(H2,16,19)(H,17,18). The van der Waals surface area contributed by atoms with E-state index >= 15 is 0 Å². The van der Waals surface area contributed by atoms with E-state index in [-0.39, 0.29) is 15.7 Å². The molecule has 1 amide bonds. The molecule has 0 atom stereocenters. The number of hydrogen-bond acceptors (Lipinski definition) is 2. The van der Waals surface area contributed by atoms with Gasteiger partial charge in [0, 0.05) is 0 Å². The highest BCUT2D eigenvalue weighted by Gasteiger charge is 2.38. The molecule has 0 unspecified atom stereocenters. The number of carbonyl (C=O) groups excluding carboxylic acids is 1. The van der Waals surface area contributed by atoms with Gasteiger partial charge in [0.15, 0.2) is 0 Å². The molecule has 19 heavy (non-hydrogen) atoms. The average Bonchev–Trinajstić information content (AvgIpc) is 2.36. The molecule has 0 radical (unpaired) electrons. The van der Waals surface area contributed by atoms with Crippen LogP contribution in [0.3, 0.4) is 0 Å². The van der Waals surface area contributed by atoms with Gasteiger partial charge in [-0.2, -0.15) is 0 Å². The van der Waals surface area contributed by atoms with E-state index in [0.29, 0.717) is 12.8 Å². The molecular formula is C13H16ClFN2OS. The maximum atomic E-state index is 13.6. The normalized spacial score (nSPS) is 11.2. The predicted molar refractivity (Wildman–Crippen MR) is 79.8 cm³/mol. The van der Waals surface area contributed by atoms with Crippen LogP contribution < -0.4 is 11.1 Å². The number of benzene rings is 1. The number of amides is 1. The first-order valence-corrected chi connectivity index (χ1v) is 6.73. The smallest absolute Gasteiger partial charge is 0.237 e. The molecule has 104 valence electrons. The Hall–Kier alpha value is -1.20. The van der Waals surface area contributed by atoms with Crippen molar-refractivity contribution in [1.29, 1.82) is 0 Å². The summed E-state index contributed by atoms with van der Waals surface area (Å²) in [6.45, 7) is 3.62. The van der Waals surface area contributed by atoms with Gasteiger partial charge in [-0.15, -0.1) is 0 Å². The van der Waals surface area contributed by atoms with Gasteiger partial charge in [0.05, 0.1) is 21.1 Å². The van der Waals surface area contributed by atoms with Crippen LogP contribution in [0.4, 0.5) is 10.1 Å². The fourth-order valence-corrected chi connectivity index (χ4v) is 2.47. The number of halogens is 2. The molecule has 0 aliphatic rings. The lowest BCUT2D eigenvalue weighted by Gasteiger charge is -2.29. The zero-order chi connectivity index (χ0) is 14.6. The topological polar surface area (TPSA) is 55.1 Å². The van der Waals surface area contributed by atoms with E-state index in [9.17, 15) is 9.18 Å². The van der Waals surface area contributed by atoms with Crippen LogP contribution in [-0.2, 0) is 4.79 Å². The molecule has 3 N–H and O–H groups in total. The minimum Gasteiger partial charge on any atom is -0.392 e. The summed E-state index contributed by atoms with van der Waals surface area (Å²) in [7, 11) is 0. The van der Waals surface area contributed by atoms with E-state index in [0.717, 1.165) is 0 Å². The summed E-state index contributed by atoms with van der Waals surface area (Å²) in [6, 6.07) is 4.19. The molecule has 0 aromatic heterocycles. The van der Waals surface area contributed by atoms with Crippen molar-refractivity contribution in [3.05, 3.63) is 29.0 Å². The zero-order valence-corrected chi connectivity index (χ0v) is 12.4. The van der Waals surface area contributed by atoms with Crippen molar-refractivity contribution in [3.63, 3.8) is 0 Å². The van der Waals surface area contributed by atoms with Gasteiger partial charge < -0.3 is 11.1 Å². The van der Waals surface area contributed by atoms with Gasteiger partial charge in [-0.25, -0.2) is 4.39 Å². The predicted octanol–water partition coefficient (Wildman–Crippen LogP) is 3.51. The minimum absolute atomic E-state index is 0.0447. The van der Waals surface area contributed by atoms with Gasteiger partial charge in [0.1, 0.15) is 5.82 Å². The van der Waals surface area contributed by atoms with E-state index in [4.69, 9.17) is 29.6 Å². The van der Waals surface area contributed by atoms with E-state index < -0.39 is 17.1 Å². The average molecular weight is 303 g/mol. The molecule has 0 saturated carbocycles. The van der Waals surface area contributed by atoms with Crippen molar-refractivity contribution in [2.75, 3.05) is 5.32 Å². The molecule has 3 nitrogen and oxygen atoms in total. The number of rotatable bonds is 5. The molecule has 0 aliphatic heterocycles. The molecule has 6 heteroatoms. The third-order valence-corrected chi connectivity index (χ3v) is 4.02. The lowest BCUT2D eigenvalue weighted by atomic mass is 9.81. The Labute approximate surface area is 122 Å². The van der Waals surface area contributed by atoms with Crippen LogP contribution in [0, 0.1) is 11.2 Å². The first kappa shape index (κ1) is 15.9. The van der Waals surface area contributed by atoms with Gasteiger partial charge in [-0.05, 0) is 25.0 Å². The first-order valence-electron chi connectivity index (χ1n) is 5.94. The Morgan fingerprint density at radius 3 is 2.47 bits per heavy atom. The van der Waals surface area contributed by atoms with Crippen LogP contribution in [0.25, 0.3) is 0 Å². The SMILES string of the molecule is CCC(CC)(C(=O)Nc1c(F)cccc1Cl)C(N)=S. The van der Waals surface area contributed by atoms with Crippen LogP contribution in [0.2, 0.25) is 5.02 Å². The van der Waals surface area contributed by atoms with Crippen molar-refractivity contribution in [3.8, 4) is 0 Å². The lowest BCUT2D eigenvalue weighted by Crippen LogP contribution is -2.45. The van der Waals surface area contributed by atoms with E-state index in [1.54, 1.807) is 0 Å². The highest BCUT2D eigenvalue weighted by molar-refractivity contribution is 7.80. The Balaban J connectivity index is 3.11. The monoisotopic (exact) mass is 302 g/mol. The number of hydrogen-bond donors (Lipinski definition) is 2. The summed E-state index contributed by atoms with van der Waals surface area (Å²) in [6.07, 6.45) is 0.882. The maximum absolute atomic E-state index is 13.6. The molecule has 0 spiro atoms. The van der Waals surface area contributed by atoms with Gasteiger partial charge in [-0.1, -0.05) is 43.7 Å². The largest absolute Gasteiger partial charge is 0.392 e. The van der Waals surface area contributed by atoms with E-state index in [1.807, 2.05) is 13.8 Å². The summed E-state index contributed by atoms with van der Waals surface area (Å²) in [5, 5.41) is 2.63. The zero-order valence-electron chi connectivity index (χ0n) is 10.8. The second-order valence-corrected chi connectivity index (χ2v) is 5.05. The van der Waals surface area contributed by atoms with E-state index in [1.165, 1.54) is 18.2 Å². The summed E-state index contributed by atoms with van der Waals surface area (Å²) in [4.78, 5) is 12.4. The number of carbonyl (C=O) groups is 1. The lowest BCUT2D eigenvalue weighted by molar-refractivity contribution is -0.122. The molecule has 0 heterocycles. The van der Waals surface area contributed by atoms with Crippen molar-refractivity contribution >= 4 is 40.4 Å². The summed E-state index contributed by atoms with van der Waals surface area (Å²) >= 11 is 10.8. The van der Waals surface area contributed by atoms with Gasteiger partial charge in [0.2, 0.25) is 5.91 Å². The Morgan fingerprint density at radius 2 is 2.05 bits per heavy atom. The fourth-order valence-electron chi connectivity index (χ4n) is 1.88. The van der Waals surface area contributed by atoms with Crippen molar-refractivity contribution < 1.29 is 9.18 Å². The third-order valence-electron chi connectivity index (χ3n) is 3.31. The third kappa shape index (κ3) is 3.04. The van der Waals surface area contributed by atoms with Gasteiger partial charge in [-0.3, -0.25) is 4.79 Å². The molecule has 0 aliphatic carbocycles. The highest BCUT2D eigenvalue weighted by atomic mass is 35.5. The molecule has 1 aromatic rings. The second-order valence-electron chi connectivity index (χ2n) is 4.20. The van der Waals surface area contributed by atoms with Crippen molar-refractivity contribution in [1.82, 2.24) is 0 Å². The Bertz CT molecular complexity index is 483. The number of nitrogens with one attached hydrogen (secondary N) is 1. The van der Waals surface area contributed by atoms with Gasteiger partial charge >= 0.3 is 0 Å². The Kier molecular flexibility index (Phi) is 5.26. The molecular weight excluding hydrogens is 287 g/mol. The second kappa shape index (κ2) is 6.30. The number of thiocarbonyl (C=S) groups is 1. The van der Waals surface area contributed by atoms with Crippen LogP contribution in [-0.4, -0.2) is 10.9 Å². The van der Waals surface area contributed by atoms with Crippen molar-refractivity contribution in [2.24, 2.45) is 11.1 Å². The summed E-state index contributed by atoms with van der Waals surface area (Å²) in [5.74, 6) is -1.03. The number of anilines is 1. The highest BCUT2D eigenvalue weighted by Crippen LogP contribution is 2.31. The molecule has 1 rings (SSSR count). The molecule has 0 bridgehead atoms. The van der Waals surface area contributed by atoms with Crippen LogP contribution in [0.1, 0.15) is 26.7 Å². The number of nitrogens with two attached hydrogens (primary N) is 1. The molecule has 0 fully saturated rings. The summed E-state index contributed by atoms with van der Waals surface area (Å²) in [5.41, 5.74) is 4.64. The van der Waals surface area contributed by atoms with Gasteiger partial charge in [0.25, 0.3) is 0 Å². The van der Waals surface area contributed by atoms with Crippen LogP contribution >= 0.6 is 23.8 Å². The van der Waals surface area contributed by atoms with Crippen LogP contribution in [0.15, 0.2) is 18.2 Å². The minimum atomic E-state index is -0.985. The van der Waals surface area contributed by atoms with E-state index in [2.05, 4.69) is 5.32 Å². The first-order chi connectivity index (χ1) is 8.89. The summed E-state index contributed by atoms with van der Waals surface area (Å²) < 4.78 is 13.6. The van der Waals surface area contributed by atoms with Crippen molar-refractivity contribution in [2.45, 2.75) is 26.7 Å². The maximum Gasteiger partial charge on any atom is 0.237 e. The quantitative estimate of drug-likeness (QED) is 0.818. The molecule has 0 saturated heterocycles. The molecule has 1 aromatic carbocycles. The Morgan fingerprint density at radius 1 is 1.47 bits per heavy atom.